The summed E-state index contributed by atoms with van der Waals surface area (Å²) in [5, 5.41) is 1.51. The zero-order valence-electron chi connectivity index (χ0n) is 10.0. The molecule has 0 amide bonds. The van der Waals surface area contributed by atoms with Crippen molar-refractivity contribution in [2.24, 2.45) is 0 Å². The van der Waals surface area contributed by atoms with E-state index in [0.29, 0.717) is 17.6 Å². The van der Waals surface area contributed by atoms with E-state index >= 15 is 0 Å². The molecule has 17 heavy (non-hydrogen) atoms. The summed E-state index contributed by atoms with van der Waals surface area (Å²) in [5.74, 6) is 0.612. The summed E-state index contributed by atoms with van der Waals surface area (Å²) in [5.41, 5.74) is 0.667. The number of rotatable bonds is 3. The fourth-order valence-corrected chi connectivity index (χ4v) is 1.71. The zero-order valence-corrected chi connectivity index (χ0v) is 10.0. The third kappa shape index (κ3) is 2.47. The number of fused-ring (bicyclic) bond motifs is 1. The van der Waals surface area contributed by atoms with E-state index in [1.807, 2.05) is 31.2 Å². The Kier molecular flexibility index (Phi) is 3.43. The fraction of sp³-hybridized carbons (Fsp3) is 0.200. The van der Waals surface area contributed by atoms with Crippen LogP contribution in [-0.2, 0) is 0 Å². The van der Waals surface area contributed by atoms with E-state index in [0.717, 1.165) is 11.1 Å². The third-order valence-corrected chi connectivity index (χ3v) is 2.70. The molecule has 0 aliphatic heterocycles. The summed E-state index contributed by atoms with van der Waals surface area (Å²) in [7, 11) is 0. The molecule has 0 unspecified atom stereocenters. The van der Waals surface area contributed by atoms with Crippen LogP contribution in [0.4, 0.5) is 4.39 Å². The van der Waals surface area contributed by atoms with Crippen LogP contribution in [0.3, 0.4) is 0 Å². The van der Waals surface area contributed by atoms with Crippen molar-refractivity contribution in [3.63, 3.8) is 0 Å². The largest absolute Gasteiger partial charge is 0.490 e. The van der Waals surface area contributed by atoms with Crippen molar-refractivity contribution < 1.29 is 9.13 Å². The Labute approximate surface area is 101 Å². The first-order valence-corrected chi connectivity index (χ1v) is 5.65. The molecule has 0 saturated carbocycles. The molecule has 2 aromatic rings. The van der Waals surface area contributed by atoms with Gasteiger partial charge in [0, 0.05) is 5.39 Å². The Morgan fingerprint density at radius 1 is 1.24 bits per heavy atom. The van der Waals surface area contributed by atoms with Gasteiger partial charge < -0.3 is 4.74 Å². The van der Waals surface area contributed by atoms with E-state index in [1.54, 1.807) is 25.1 Å². The highest BCUT2D eigenvalue weighted by molar-refractivity contribution is 5.85. The maximum atomic E-state index is 13.8. The van der Waals surface area contributed by atoms with Crippen LogP contribution in [0, 0.1) is 12.7 Å². The molecule has 0 N–H and O–H groups in total. The molecule has 2 rings (SSSR count). The van der Waals surface area contributed by atoms with E-state index in [2.05, 4.69) is 0 Å². The van der Waals surface area contributed by atoms with Gasteiger partial charge in [0.05, 0.1) is 0 Å². The second-order valence-corrected chi connectivity index (χ2v) is 3.96. The van der Waals surface area contributed by atoms with Gasteiger partial charge in [-0.1, -0.05) is 24.3 Å². The van der Waals surface area contributed by atoms with Crippen LogP contribution in [0.2, 0.25) is 0 Å². The van der Waals surface area contributed by atoms with Crippen LogP contribution in [-0.4, -0.2) is 6.61 Å². The highest BCUT2D eigenvalue weighted by Crippen LogP contribution is 2.25. The minimum absolute atomic E-state index is 0.150. The Bertz CT molecular complexity index is 558. The Hall–Kier alpha value is -1.83. The first-order valence-electron chi connectivity index (χ1n) is 5.65. The molecule has 0 fully saturated rings. The van der Waals surface area contributed by atoms with E-state index in [1.165, 1.54) is 0 Å². The second-order valence-electron chi connectivity index (χ2n) is 3.96. The van der Waals surface area contributed by atoms with Crippen LogP contribution < -0.4 is 4.74 Å². The van der Waals surface area contributed by atoms with Gasteiger partial charge in [0.25, 0.3) is 0 Å². The highest BCUT2D eigenvalue weighted by atomic mass is 19.1. The number of aryl methyl sites for hydroxylation is 1. The van der Waals surface area contributed by atoms with Gasteiger partial charge in [0.1, 0.15) is 18.2 Å². The smallest absolute Gasteiger partial charge is 0.133 e. The second kappa shape index (κ2) is 5.00. The van der Waals surface area contributed by atoms with Gasteiger partial charge in [0.15, 0.2) is 0 Å². The van der Waals surface area contributed by atoms with E-state index in [9.17, 15) is 4.39 Å². The number of benzene rings is 2. The lowest BCUT2D eigenvalue weighted by Gasteiger charge is -2.06. The molecule has 0 bridgehead atoms. The average Bonchev–Trinajstić information content (AvgIpc) is 2.34. The normalized spacial score (nSPS) is 11.2. The summed E-state index contributed by atoms with van der Waals surface area (Å²) >= 11 is 0. The molecule has 0 radical (unpaired) electrons. The Balaban J connectivity index is 2.35. The Morgan fingerprint density at radius 2 is 2.06 bits per heavy atom. The van der Waals surface area contributed by atoms with Crippen LogP contribution in [0.25, 0.3) is 10.8 Å². The van der Waals surface area contributed by atoms with Gasteiger partial charge >= 0.3 is 0 Å². The Morgan fingerprint density at radius 3 is 2.82 bits per heavy atom. The van der Waals surface area contributed by atoms with Gasteiger partial charge in [-0.05, 0) is 43.0 Å². The molecule has 88 valence electrons. The van der Waals surface area contributed by atoms with Crippen molar-refractivity contribution >= 4 is 10.8 Å². The summed E-state index contributed by atoms with van der Waals surface area (Å²) in [6, 6.07) is 9.13. The maximum absolute atomic E-state index is 13.8. The minimum atomic E-state index is -0.150. The molecule has 0 saturated heterocycles. The molecule has 0 aliphatic carbocycles. The monoisotopic (exact) mass is 230 g/mol. The fourth-order valence-electron chi connectivity index (χ4n) is 1.71. The summed E-state index contributed by atoms with van der Waals surface area (Å²) in [4.78, 5) is 0. The summed E-state index contributed by atoms with van der Waals surface area (Å²) in [6.45, 7) is 4.25. The molecule has 0 heterocycles. The molecule has 0 aromatic heterocycles. The minimum Gasteiger partial charge on any atom is -0.490 e. The highest BCUT2D eigenvalue weighted by Gasteiger charge is 2.04. The van der Waals surface area contributed by atoms with Gasteiger partial charge in [-0.15, -0.1) is 0 Å². The standard InChI is InChI=1S/C15H15FO/c1-3-4-9-17-13-7-8-14-12(10-13)6-5-11(2)15(14)16/h3-8,10H,9H2,1-2H3/b4-3+. The quantitative estimate of drug-likeness (QED) is 0.716. The number of ether oxygens (including phenoxy) is 1. The SMILES string of the molecule is C/C=C/COc1ccc2c(F)c(C)ccc2c1. The average molecular weight is 230 g/mol. The van der Waals surface area contributed by atoms with Crippen molar-refractivity contribution in [3.8, 4) is 5.75 Å². The van der Waals surface area contributed by atoms with E-state index < -0.39 is 0 Å². The summed E-state index contributed by atoms with van der Waals surface area (Å²) in [6.07, 6.45) is 3.87. The van der Waals surface area contributed by atoms with Gasteiger partial charge in [-0.2, -0.15) is 0 Å². The first kappa shape index (κ1) is 11.6. The molecule has 0 aliphatic rings. The third-order valence-electron chi connectivity index (χ3n) is 2.70. The predicted molar refractivity (Wildman–Crippen MR) is 69.0 cm³/mol. The molecule has 2 aromatic carbocycles. The number of allylic oxidation sites excluding steroid dienone is 1. The van der Waals surface area contributed by atoms with Gasteiger partial charge in [-0.25, -0.2) is 4.39 Å². The lowest BCUT2D eigenvalue weighted by Crippen LogP contribution is -1.93. The molecular formula is C15H15FO. The van der Waals surface area contributed by atoms with Crippen molar-refractivity contribution in [1.82, 2.24) is 0 Å². The van der Waals surface area contributed by atoms with Crippen LogP contribution in [0.1, 0.15) is 12.5 Å². The van der Waals surface area contributed by atoms with E-state index in [4.69, 9.17) is 4.74 Å². The molecule has 1 nitrogen and oxygen atoms in total. The van der Waals surface area contributed by atoms with Crippen molar-refractivity contribution in [1.29, 1.82) is 0 Å². The molecular weight excluding hydrogens is 215 g/mol. The lowest BCUT2D eigenvalue weighted by atomic mass is 10.1. The lowest BCUT2D eigenvalue weighted by molar-refractivity contribution is 0.363. The topological polar surface area (TPSA) is 9.23 Å². The summed E-state index contributed by atoms with van der Waals surface area (Å²) < 4.78 is 19.3. The zero-order chi connectivity index (χ0) is 12.3. The predicted octanol–water partition coefficient (Wildman–Crippen LogP) is 4.24. The van der Waals surface area contributed by atoms with Crippen molar-refractivity contribution in [2.45, 2.75) is 13.8 Å². The first-order chi connectivity index (χ1) is 8.22. The molecule has 0 atom stereocenters. The van der Waals surface area contributed by atoms with Crippen LogP contribution >= 0.6 is 0 Å². The van der Waals surface area contributed by atoms with Crippen LogP contribution in [0.15, 0.2) is 42.5 Å². The van der Waals surface area contributed by atoms with Crippen molar-refractivity contribution in [2.75, 3.05) is 6.61 Å². The number of halogens is 1. The molecule has 2 heteroatoms. The van der Waals surface area contributed by atoms with Gasteiger partial charge in [-0.3, -0.25) is 0 Å². The number of hydrogen-bond acceptors (Lipinski definition) is 1. The van der Waals surface area contributed by atoms with Gasteiger partial charge in [0.2, 0.25) is 0 Å². The number of hydrogen-bond donors (Lipinski definition) is 0. The maximum Gasteiger partial charge on any atom is 0.133 e. The van der Waals surface area contributed by atoms with Crippen LogP contribution in [0.5, 0.6) is 5.75 Å². The van der Waals surface area contributed by atoms with E-state index in [-0.39, 0.29) is 5.82 Å². The van der Waals surface area contributed by atoms with Crippen molar-refractivity contribution in [3.05, 3.63) is 53.9 Å². The molecule has 0 spiro atoms.